The number of ether oxygens (including phenoxy) is 4. The van der Waals surface area contributed by atoms with E-state index in [4.69, 9.17) is 18.9 Å². The first kappa shape index (κ1) is 37.9. The van der Waals surface area contributed by atoms with Gasteiger partial charge < -0.3 is 70.3 Å². The first-order chi connectivity index (χ1) is 20.7. The zero-order chi connectivity index (χ0) is 33.0. The summed E-state index contributed by atoms with van der Waals surface area (Å²) in [5.74, 6) is -1.83. The Morgan fingerprint density at radius 2 is 1.16 bits per heavy atom. The number of hydrogen-bond acceptors (Lipinski definition) is 14. The number of Topliss-reactive ketones (excluding diaryl/α,β-unsaturated/α-hetero) is 1. The van der Waals surface area contributed by atoms with Gasteiger partial charge in [0.1, 0.15) is 48.4 Å². The molecule has 0 radical (unpaired) electrons. The molecule has 17 nitrogen and oxygen atoms in total. The van der Waals surface area contributed by atoms with Crippen molar-refractivity contribution < 1.29 is 68.8 Å². The topological polar surface area (TPSA) is 263 Å². The summed E-state index contributed by atoms with van der Waals surface area (Å²) >= 11 is 0. The molecule has 2 aliphatic rings. The zero-order valence-corrected chi connectivity index (χ0v) is 25.2. The van der Waals surface area contributed by atoms with Gasteiger partial charge in [-0.05, 0) is 33.6 Å². The molecule has 0 aromatic rings. The van der Waals surface area contributed by atoms with E-state index in [0.717, 1.165) is 0 Å². The van der Waals surface area contributed by atoms with E-state index in [1.807, 2.05) is 0 Å². The molecule has 0 spiro atoms. The molecular weight excluding hydrogens is 590 g/mol. The standard InChI is InChI=1S/C27H47N3O14/c1-13(31)6-4-5-7-17(32)30-16(25(40)29-9-11-42-27-24(39)22(37)20(35)15(3)44-27)12-18(33)28-8-10-41-26-23(38)21(36)19(34)14(2)43-26/h14-16,19-24,26-27,34-39H,4-12H2,1-3H3,(H,28,33)(H,29,40)(H,30,32)/t14-,15-,16-,19+,20+,21+,22+,23-,24-,26+,27+/m0/s1. The van der Waals surface area contributed by atoms with Crippen LogP contribution in [0.25, 0.3) is 0 Å². The maximum atomic E-state index is 12.9. The maximum absolute atomic E-state index is 12.9. The molecule has 11 atom stereocenters. The molecule has 2 rings (SSSR count). The first-order valence-corrected chi connectivity index (χ1v) is 14.7. The lowest BCUT2D eigenvalue weighted by Crippen LogP contribution is -2.57. The van der Waals surface area contributed by atoms with Gasteiger partial charge in [-0.2, -0.15) is 0 Å². The number of carbonyl (C=O) groups excluding carboxylic acids is 4. The molecule has 0 saturated carbocycles. The van der Waals surface area contributed by atoms with Gasteiger partial charge in [-0.1, -0.05) is 0 Å². The molecule has 17 heteroatoms. The fourth-order valence-corrected chi connectivity index (χ4v) is 4.53. The summed E-state index contributed by atoms with van der Waals surface area (Å²) in [6.07, 6.45) is -11.9. The average molecular weight is 638 g/mol. The van der Waals surface area contributed by atoms with Crippen molar-refractivity contribution in [3.05, 3.63) is 0 Å². The number of amides is 3. The lowest BCUT2D eigenvalue weighted by Gasteiger charge is -2.38. The van der Waals surface area contributed by atoms with Crippen molar-refractivity contribution in [2.24, 2.45) is 0 Å². The Kier molecular flexibility index (Phi) is 16.0. The van der Waals surface area contributed by atoms with Crippen LogP contribution in [0.1, 0.15) is 52.9 Å². The van der Waals surface area contributed by atoms with Crippen LogP contribution in [0.4, 0.5) is 0 Å². The van der Waals surface area contributed by atoms with Crippen LogP contribution in [0.3, 0.4) is 0 Å². The number of hydrogen-bond donors (Lipinski definition) is 9. The molecule has 2 fully saturated rings. The van der Waals surface area contributed by atoms with Gasteiger partial charge in [-0.25, -0.2) is 0 Å². The summed E-state index contributed by atoms with van der Waals surface area (Å²) in [6, 6.07) is -1.27. The third-order valence-electron chi connectivity index (χ3n) is 7.23. The Morgan fingerprint density at radius 1 is 0.682 bits per heavy atom. The van der Waals surface area contributed by atoms with Crippen molar-refractivity contribution in [2.75, 3.05) is 26.3 Å². The number of aliphatic hydroxyl groups excluding tert-OH is 6. The van der Waals surface area contributed by atoms with Crippen LogP contribution in [0.15, 0.2) is 0 Å². The second kappa shape index (κ2) is 18.6. The summed E-state index contributed by atoms with van der Waals surface area (Å²) in [7, 11) is 0. The molecule has 2 saturated heterocycles. The number of unbranched alkanes of at least 4 members (excludes halogenated alkanes) is 1. The van der Waals surface area contributed by atoms with Crippen molar-refractivity contribution >= 4 is 23.5 Å². The van der Waals surface area contributed by atoms with Gasteiger partial charge in [-0.3, -0.25) is 14.4 Å². The summed E-state index contributed by atoms with van der Waals surface area (Å²) in [4.78, 5) is 49.1. The van der Waals surface area contributed by atoms with Crippen molar-refractivity contribution in [1.29, 1.82) is 0 Å². The first-order valence-electron chi connectivity index (χ1n) is 14.7. The molecule has 0 aromatic carbocycles. The largest absolute Gasteiger partial charge is 0.388 e. The zero-order valence-electron chi connectivity index (χ0n) is 25.2. The van der Waals surface area contributed by atoms with Gasteiger partial charge in [0.15, 0.2) is 12.6 Å². The van der Waals surface area contributed by atoms with E-state index in [0.29, 0.717) is 19.3 Å². The van der Waals surface area contributed by atoms with Crippen LogP contribution in [0.5, 0.6) is 0 Å². The predicted octanol–water partition coefficient (Wildman–Crippen LogP) is -4.07. The Hall–Kier alpha value is -2.32. The highest BCUT2D eigenvalue weighted by Gasteiger charge is 2.43. The molecule has 0 bridgehead atoms. The number of rotatable bonds is 17. The van der Waals surface area contributed by atoms with Crippen LogP contribution < -0.4 is 16.0 Å². The summed E-state index contributed by atoms with van der Waals surface area (Å²) in [5.41, 5.74) is 0. The van der Waals surface area contributed by atoms with E-state index < -0.39 is 91.6 Å². The quantitative estimate of drug-likeness (QED) is 0.0688. The number of ketones is 1. The third-order valence-corrected chi connectivity index (χ3v) is 7.23. The minimum Gasteiger partial charge on any atom is -0.388 e. The molecule has 0 aliphatic carbocycles. The van der Waals surface area contributed by atoms with Gasteiger partial charge in [0.2, 0.25) is 17.7 Å². The predicted molar refractivity (Wildman–Crippen MR) is 148 cm³/mol. The average Bonchev–Trinajstić information content (AvgIpc) is 2.97. The Labute approximate surface area is 255 Å². The minimum absolute atomic E-state index is 0.00957. The number of carbonyl (C=O) groups is 4. The van der Waals surface area contributed by atoms with Gasteiger partial charge in [-0.15, -0.1) is 0 Å². The SMILES string of the molecule is CC(=O)CCCCC(=O)N[C@@H](CC(=O)NCCO[C@@H]1O[C@@H](C)[C@@H](O)[C@@H](O)[C@@H]1O)C(=O)NCCO[C@@H]1O[C@@H](C)[C@@H](O)[C@@H](O)[C@@H]1O. The lowest BCUT2D eigenvalue weighted by atomic mass is 10.0. The van der Waals surface area contributed by atoms with Crippen molar-refractivity contribution in [2.45, 2.75) is 120 Å². The van der Waals surface area contributed by atoms with Gasteiger partial charge >= 0.3 is 0 Å². The van der Waals surface area contributed by atoms with E-state index >= 15 is 0 Å². The highest BCUT2D eigenvalue weighted by atomic mass is 16.7. The monoisotopic (exact) mass is 637 g/mol. The van der Waals surface area contributed by atoms with E-state index in [9.17, 15) is 49.8 Å². The fraction of sp³-hybridized carbons (Fsp3) is 0.852. The van der Waals surface area contributed by atoms with E-state index in [-0.39, 0.29) is 38.5 Å². The molecular formula is C27H47N3O14. The minimum atomic E-state index is -1.52. The second-order valence-electron chi connectivity index (χ2n) is 11.0. The van der Waals surface area contributed by atoms with Crippen LogP contribution in [-0.2, 0) is 38.1 Å². The van der Waals surface area contributed by atoms with Crippen LogP contribution in [0.2, 0.25) is 0 Å². The van der Waals surface area contributed by atoms with Crippen LogP contribution in [0, 0.1) is 0 Å². The summed E-state index contributed by atoms with van der Waals surface area (Å²) < 4.78 is 21.4. The number of aliphatic hydroxyl groups is 6. The third kappa shape index (κ3) is 11.9. The molecule has 2 aliphatic heterocycles. The van der Waals surface area contributed by atoms with Gasteiger partial charge in [0.25, 0.3) is 0 Å². The van der Waals surface area contributed by atoms with E-state index in [2.05, 4.69) is 16.0 Å². The normalized spacial score (nSPS) is 32.8. The molecule has 2 heterocycles. The molecule has 44 heavy (non-hydrogen) atoms. The number of nitrogens with one attached hydrogen (secondary N) is 3. The summed E-state index contributed by atoms with van der Waals surface area (Å²) in [6.45, 7) is 3.95. The van der Waals surface area contributed by atoms with Gasteiger partial charge in [0.05, 0.1) is 31.8 Å². The van der Waals surface area contributed by atoms with Crippen LogP contribution >= 0.6 is 0 Å². The van der Waals surface area contributed by atoms with E-state index in [1.54, 1.807) is 0 Å². The molecule has 0 aromatic heterocycles. The Morgan fingerprint density at radius 3 is 1.66 bits per heavy atom. The highest BCUT2D eigenvalue weighted by molar-refractivity contribution is 5.92. The van der Waals surface area contributed by atoms with Crippen molar-refractivity contribution in [3.8, 4) is 0 Å². The molecule has 9 N–H and O–H groups in total. The Bertz CT molecular complexity index is 941. The Balaban J connectivity index is 1.84. The van der Waals surface area contributed by atoms with Crippen LogP contribution in [-0.4, -0.2) is 148 Å². The fourth-order valence-electron chi connectivity index (χ4n) is 4.53. The van der Waals surface area contributed by atoms with Crippen molar-refractivity contribution in [3.63, 3.8) is 0 Å². The van der Waals surface area contributed by atoms with E-state index in [1.165, 1.54) is 20.8 Å². The highest BCUT2D eigenvalue weighted by Crippen LogP contribution is 2.22. The maximum Gasteiger partial charge on any atom is 0.243 e. The molecule has 254 valence electrons. The smallest absolute Gasteiger partial charge is 0.243 e. The van der Waals surface area contributed by atoms with Gasteiger partial charge in [0, 0.05) is 25.9 Å². The molecule has 0 unspecified atom stereocenters. The second-order valence-corrected chi connectivity index (χ2v) is 11.0. The van der Waals surface area contributed by atoms with Crippen molar-refractivity contribution in [1.82, 2.24) is 16.0 Å². The lowest BCUT2D eigenvalue weighted by molar-refractivity contribution is -0.292. The molecule has 3 amide bonds. The summed E-state index contributed by atoms with van der Waals surface area (Å²) in [5, 5.41) is 66.9.